The average molecular weight is 278 g/mol. The van der Waals surface area contributed by atoms with E-state index in [0.717, 1.165) is 12.0 Å². The Balaban J connectivity index is 1.92. The van der Waals surface area contributed by atoms with Crippen LogP contribution in [0.4, 0.5) is 0 Å². The lowest BCUT2D eigenvalue weighted by Crippen LogP contribution is -2.22. The van der Waals surface area contributed by atoms with E-state index in [-0.39, 0.29) is 11.8 Å². The summed E-state index contributed by atoms with van der Waals surface area (Å²) in [6.45, 7) is 2.60. The van der Waals surface area contributed by atoms with Crippen LogP contribution in [0.5, 0.6) is 0 Å². The summed E-state index contributed by atoms with van der Waals surface area (Å²) in [5.74, 6) is 0.932. The van der Waals surface area contributed by atoms with Crippen molar-refractivity contribution in [2.45, 2.75) is 25.8 Å². The maximum absolute atomic E-state index is 11.8. The summed E-state index contributed by atoms with van der Waals surface area (Å²) in [4.78, 5) is 11.8. The molecule has 19 heavy (non-hydrogen) atoms. The predicted octanol–water partition coefficient (Wildman–Crippen LogP) is 3.51. The number of halogens is 1. The second-order valence-corrected chi connectivity index (χ2v) is 4.52. The predicted molar refractivity (Wildman–Crippen MR) is 75.3 cm³/mol. The lowest BCUT2D eigenvalue weighted by molar-refractivity contribution is 0.0921. The number of carbonyl (C=O) groups excluding carboxylic acids is 1. The molecule has 2 aromatic rings. The quantitative estimate of drug-likeness (QED) is 0.850. The first-order chi connectivity index (χ1) is 9.22. The number of aryl methyl sites for hydroxylation is 1. The molecule has 0 radical (unpaired) electrons. The molecule has 0 atom stereocenters. The topological polar surface area (TPSA) is 42.2 Å². The molecule has 4 heteroatoms. The number of hydrogen-bond donors (Lipinski definition) is 1. The van der Waals surface area contributed by atoms with Crippen LogP contribution in [-0.4, -0.2) is 5.91 Å². The number of amides is 1. The van der Waals surface area contributed by atoms with Crippen LogP contribution in [0.3, 0.4) is 0 Å². The van der Waals surface area contributed by atoms with Crippen molar-refractivity contribution >= 4 is 17.5 Å². The summed E-state index contributed by atoms with van der Waals surface area (Å²) in [6.07, 6.45) is 1.01. The standard InChI is InChI=1S/C15H16ClNO2/c1-2-11-3-5-12(6-4-11)10-17-15(18)14-8-7-13(9-16)19-14/h3-8H,2,9-10H2,1H3,(H,17,18). The summed E-state index contributed by atoms with van der Waals surface area (Å²) in [5, 5.41) is 2.81. The van der Waals surface area contributed by atoms with Gasteiger partial charge in [-0.15, -0.1) is 11.6 Å². The van der Waals surface area contributed by atoms with Crippen molar-refractivity contribution in [1.29, 1.82) is 0 Å². The smallest absolute Gasteiger partial charge is 0.287 e. The Hall–Kier alpha value is -1.74. The molecule has 2 rings (SSSR count). The van der Waals surface area contributed by atoms with Crippen LogP contribution in [0.2, 0.25) is 0 Å². The van der Waals surface area contributed by atoms with Gasteiger partial charge in [0.15, 0.2) is 5.76 Å². The molecular formula is C15H16ClNO2. The van der Waals surface area contributed by atoms with Crippen LogP contribution in [0, 0.1) is 0 Å². The van der Waals surface area contributed by atoms with Crippen molar-refractivity contribution < 1.29 is 9.21 Å². The SMILES string of the molecule is CCc1ccc(CNC(=O)c2ccc(CCl)o2)cc1. The van der Waals surface area contributed by atoms with E-state index in [2.05, 4.69) is 24.4 Å². The van der Waals surface area contributed by atoms with Gasteiger partial charge in [-0.05, 0) is 29.7 Å². The van der Waals surface area contributed by atoms with Gasteiger partial charge in [0, 0.05) is 6.54 Å². The van der Waals surface area contributed by atoms with Gasteiger partial charge < -0.3 is 9.73 Å². The van der Waals surface area contributed by atoms with Gasteiger partial charge in [0.25, 0.3) is 5.91 Å². The van der Waals surface area contributed by atoms with Crippen LogP contribution in [0.1, 0.15) is 34.4 Å². The number of rotatable bonds is 5. The van der Waals surface area contributed by atoms with E-state index < -0.39 is 0 Å². The number of furan rings is 1. The molecular weight excluding hydrogens is 262 g/mol. The molecule has 100 valence electrons. The number of benzene rings is 1. The summed E-state index contributed by atoms with van der Waals surface area (Å²) in [5.41, 5.74) is 2.35. The van der Waals surface area contributed by atoms with Gasteiger partial charge in [-0.25, -0.2) is 0 Å². The Labute approximate surface area is 117 Å². The van der Waals surface area contributed by atoms with Crippen molar-refractivity contribution in [1.82, 2.24) is 5.32 Å². The van der Waals surface area contributed by atoms with Gasteiger partial charge in [0.2, 0.25) is 0 Å². The summed E-state index contributed by atoms with van der Waals surface area (Å²) in [7, 11) is 0. The molecule has 1 amide bonds. The molecule has 1 N–H and O–H groups in total. The van der Waals surface area contributed by atoms with Gasteiger partial charge in [-0.3, -0.25) is 4.79 Å². The van der Waals surface area contributed by atoms with Gasteiger partial charge in [0.1, 0.15) is 5.76 Å². The van der Waals surface area contributed by atoms with E-state index in [0.29, 0.717) is 18.1 Å². The van der Waals surface area contributed by atoms with Gasteiger partial charge in [0.05, 0.1) is 5.88 Å². The fourth-order valence-corrected chi connectivity index (χ4v) is 1.88. The van der Waals surface area contributed by atoms with E-state index >= 15 is 0 Å². The normalized spacial score (nSPS) is 10.4. The van der Waals surface area contributed by atoms with Gasteiger partial charge in [-0.2, -0.15) is 0 Å². The van der Waals surface area contributed by atoms with Crippen molar-refractivity contribution in [2.24, 2.45) is 0 Å². The highest BCUT2D eigenvalue weighted by atomic mass is 35.5. The molecule has 3 nitrogen and oxygen atoms in total. The number of nitrogens with one attached hydrogen (secondary N) is 1. The Morgan fingerprint density at radius 1 is 1.16 bits per heavy atom. The minimum atomic E-state index is -0.226. The highest BCUT2D eigenvalue weighted by Gasteiger charge is 2.10. The molecule has 0 saturated heterocycles. The third-order valence-corrected chi connectivity index (χ3v) is 3.16. The van der Waals surface area contributed by atoms with Gasteiger partial charge in [-0.1, -0.05) is 31.2 Å². The van der Waals surface area contributed by atoms with Gasteiger partial charge >= 0.3 is 0 Å². The van der Waals surface area contributed by atoms with E-state index in [1.165, 1.54) is 5.56 Å². The Kier molecular flexibility index (Phi) is 4.63. The largest absolute Gasteiger partial charge is 0.455 e. The van der Waals surface area contributed by atoms with Crippen molar-refractivity contribution in [2.75, 3.05) is 0 Å². The fraction of sp³-hybridized carbons (Fsp3) is 0.267. The van der Waals surface area contributed by atoms with E-state index in [4.69, 9.17) is 16.0 Å². The monoisotopic (exact) mass is 277 g/mol. The molecule has 1 heterocycles. The molecule has 1 aromatic carbocycles. The first-order valence-corrected chi connectivity index (χ1v) is 6.77. The van der Waals surface area contributed by atoms with Crippen molar-refractivity contribution in [3.63, 3.8) is 0 Å². The van der Waals surface area contributed by atoms with E-state index in [1.54, 1.807) is 12.1 Å². The highest BCUT2D eigenvalue weighted by molar-refractivity contribution is 6.16. The Morgan fingerprint density at radius 2 is 1.84 bits per heavy atom. The van der Waals surface area contributed by atoms with Crippen LogP contribution in [0.25, 0.3) is 0 Å². The zero-order valence-corrected chi connectivity index (χ0v) is 11.5. The molecule has 0 unspecified atom stereocenters. The van der Waals surface area contributed by atoms with Crippen molar-refractivity contribution in [3.05, 3.63) is 59.0 Å². The molecule has 0 bridgehead atoms. The molecule has 1 aromatic heterocycles. The third kappa shape index (κ3) is 3.61. The number of alkyl halides is 1. The number of carbonyl (C=O) groups is 1. The second-order valence-electron chi connectivity index (χ2n) is 4.25. The van der Waals surface area contributed by atoms with E-state index in [1.807, 2.05) is 12.1 Å². The Morgan fingerprint density at radius 3 is 2.42 bits per heavy atom. The van der Waals surface area contributed by atoms with E-state index in [9.17, 15) is 4.79 Å². The minimum absolute atomic E-state index is 0.226. The van der Waals surface area contributed by atoms with Crippen LogP contribution in [0.15, 0.2) is 40.8 Å². The zero-order valence-electron chi connectivity index (χ0n) is 10.8. The highest BCUT2D eigenvalue weighted by Crippen LogP contribution is 2.10. The minimum Gasteiger partial charge on any atom is -0.455 e. The molecule has 0 aliphatic carbocycles. The maximum Gasteiger partial charge on any atom is 0.287 e. The van der Waals surface area contributed by atoms with Crippen LogP contribution >= 0.6 is 11.6 Å². The molecule has 0 spiro atoms. The molecule has 0 aliphatic heterocycles. The summed E-state index contributed by atoms with van der Waals surface area (Å²) >= 11 is 5.62. The fourth-order valence-electron chi connectivity index (χ4n) is 1.73. The first kappa shape index (κ1) is 13.7. The number of hydrogen-bond acceptors (Lipinski definition) is 2. The lowest BCUT2D eigenvalue weighted by atomic mass is 10.1. The summed E-state index contributed by atoms with van der Waals surface area (Å²) < 4.78 is 5.28. The van der Waals surface area contributed by atoms with Crippen LogP contribution < -0.4 is 5.32 Å². The molecule has 0 fully saturated rings. The van der Waals surface area contributed by atoms with Crippen molar-refractivity contribution in [3.8, 4) is 0 Å². The average Bonchev–Trinajstić information content (AvgIpc) is 2.94. The lowest BCUT2D eigenvalue weighted by Gasteiger charge is -2.04. The molecule has 0 aliphatic rings. The first-order valence-electron chi connectivity index (χ1n) is 6.23. The zero-order chi connectivity index (χ0) is 13.7. The second kappa shape index (κ2) is 6.43. The Bertz CT molecular complexity index is 546. The maximum atomic E-state index is 11.8. The third-order valence-electron chi connectivity index (χ3n) is 2.90. The van der Waals surface area contributed by atoms with Crippen LogP contribution in [-0.2, 0) is 18.8 Å². The summed E-state index contributed by atoms with van der Waals surface area (Å²) in [6, 6.07) is 11.5. The molecule has 0 saturated carbocycles.